The Morgan fingerprint density at radius 2 is 2.14 bits per heavy atom. The molecule has 0 bridgehead atoms. The Labute approximate surface area is 124 Å². The zero-order chi connectivity index (χ0) is 15.4. The van der Waals surface area contributed by atoms with Crippen LogP contribution in [-0.4, -0.2) is 20.7 Å². The SMILES string of the molecule is Cc1nn(C(C)C)c(C)c1NC(=O)C=Cc1cccnc1. The summed E-state index contributed by atoms with van der Waals surface area (Å²) in [4.78, 5) is 16.0. The molecule has 0 unspecified atom stereocenters. The van der Waals surface area contributed by atoms with E-state index in [2.05, 4.69) is 29.2 Å². The number of carbonyl (C=O) groups excluding carboxylic acids is 1. The zero-order valence-electron chi connectivity index (χ0n) is 12.8. The normalized spacial score (nSPS) is 11.3. The average Bonchev–Trinajstić information content (AvgIpc) is 2.74. The third-order valence-electron chi connectivity index (χ3n) is 3.17. The van der Waals surface area contributed by atoms with Crippen molar-refractivity contribution in [2.75, 3.05) is 5.32 Å². The molecule has 1 amide bonds. The fourth-order valence-corrected chi connectivity index (χ4v) is 2.16. The van der Waals surface area contributed by atoms with Gasteiger partial charge in [-0.25, -0.2) is 0 Å². The standard InChI is InChI=1S/C16H20N4O/c1-11(2)20-13(4)16(12(3)19-20)18-15(21)8-7-14-6-5-9-17-10-14/h5-11H,1-4H3,(H,18,21). The van der Waals surface area contributed by atoms with Crippen molar-refractivity contribution in [3.05, 3.63) is 47.6 Å². The van der Waals surface area contributed by atoms with Crippen LogP contribution in [0.1, 0.15) is 36.8 Å². The summed E-state index contributed by atoms with van der Waals surface area (Å²) in [7, 11) is 0. The van der Waals surface area contributed by atoms with E-state index in [9.17, 15) is 4.79 Å². The van der Waals surface area contributed by atoms with Gasteiger partial charge in [-0.15, -0.1) is 0 Å². The average molecular weight is 284 g/mol. The van der Waals surface area contributed by atoms with Crippen molar-refractivity contribution in [2.45, 2.75) is 33.7 Å². The maximum Gasteiger partial charge on any atom is 0.248 e. The lowest BCUT2D eigenvalue weighted by atomic mass is 10.2. The summed E-state index contributed by atoms with van der Waals surface area (Å²) >= 11 is 0. The first kappa shape index (κ1) is 15.0. The smallest absolute Gasteiger partial charge is 0.248 e. The zero-order valence-corrected chi connectivity index (χ0v) is 12.8. The van der Waals surface area contributed by atoms with E-state index in [-0.39, 0.29) is 11.9 Å². The molecular weight excluding hydrogens is 264 g/mol. The van der Waals surface area contributed by atoms with Crippen molar-refractivity contribution >= 4 is 17.7 Å². The molecular formula is C16H20N4O. The van der Waals surface area contributed by atoms with Crippen molar-refractivity contribution in [3.8, 4) is 0 Å². The molecule has 2 aromatic rings. The number of anilines is 1. The van der Waals surface area contributed by atoms with Crippen LogP contribution in [0.5, 0.6) is 0 Å². The maximum atomic E-state index is 12.0. The second kappa shape index (κ2) is 6.35. The van der Waals surface area contributed by atoms with Crippen LogP contribution in [0.25, 0.3) is 6.08 Å². The number of rotatable bonds is 4. The Hall–Kier alpha value is -2.43. The third kappa shape index (κ3) is 3.56. The highest BCUT2D eigenvalue weighted by atomic mass is 16.1. The van der Waals surface area contributed by atoms with E-state index >= 15 is 0 Å². The van der Waals surface area contributed by atoms with E-state index in [4.69, 9.17) is 0 Å². The highest BCUT2D eigenvalue weighted by molar-refractivity contribution is 6.02. The number of pyridine rings is 1. The molecule has 0 aliphatic heterocycles. The van der Waals surface area contributed by atoms with Crippen molar-refractivity contribution in [2.24, 2.45) is 0 Å². The minimum absolute atomic E-state index is 0.173. The monoisotopic (exact) mass is 284 g/mol. The van der Waals surface area contributed by atoms with Gasteiger partial charge < -0.3 is 5.32 Å². The van der Waals surface area contributed by atoms with E-state index in [0.29, 0.717) is 0 Å². The summed E-state index contributed by atoms with van der Waals surface area (Å²) in [5.41, 5.74) is 3.46. The van der Waals surface area contributed by atoms with Crippen molar-refractivity contribution < 1.29 is 4.79 Å². The van der Waals surface area contributed by atoms with Gasteiger partial charge in [-0.3, -0.25) is 14.5 Å². The molecule has 5 heteroatoms. The van der Waals surface area contributed by atoms with E-state index in [0.717, 1.165) is 22.6 Å². The summed E-state index contributed by atoms with van der Waals surface area (Å²) in [6.07, 6.45) is 6.64. The van der Waals surface area contributed by atoms with Crippen molar-refractivity contribution in [1.82, 2.24) is 14.8 Å². The molecule has 0 fully saturated rings. The van der Waals surface area contributed by atoms with Gasteiger partial charge in [-0.05, 0) is 45.4 Å². The molecule has 2 aromatic heterocycles. The predicted molar refractivity (Wildman–Crippen MR) is 84.0 cm³/mol. The van der Waals surface area contributed by atoms with Gasteiger partial charge in [0.15, 0.2) is 0 Å². The highest BCUT2D eigenvalue weighted by Crippen LogP contribution is 2.22. The number of nitrogens with one attached hydrogen (secondary N) is 1. The van der Waals surface area contributed by atoms with Crippen LogP contribution in [0.2, 0.25) is 0 Å². The van der Waals surface area contributed by atoms with Crippen LogP contribution in [0, 0.1) is 13.8 Å². The predicted octanol–water partition coefficient (Wildman–Crippen LogP) is 3.13. The lowest BCUT2D eigenvalue weighted by molar-refractivity contribution is -0.111. The molecule has 0 atom stereocenters. The second-order valence-corrected chi connectivity index (χ2v) is 5.19. The van der Waals surface area contributed by atoms with E-state index in [1.807, 2.05) is 30.7 Å². The molecule has 0 radical (unpaired) electrons. The van der Waals surface area contributed by atoms with E-state index in [1.54, 1.807) is 18.5 Å². The summed E-state index contributed by atoms with van der Waals surface area (Å²) in [6.45, 7) is 7.98. The molecule has 0 aromatic carbocycles. The topological polar surface area (TPSA) is 59.8 Å². The van der Waals surface area contributed by atoms with Gasteiger partial charge in [0.2, 0.25) is 5.91 Å². The summed E-state index contributed by atoms with van der Waals surface area (Å²) in [5, 5.41) is 7.34. The lowest BCUT2D eigenvalue weighted by Crippen LogP contribution is -2.10. The van der Waals surface area contributed by atoms with Crippen molar-refractivity contribution in [1.29, 1.82) is 0 Å². The minimum atomic E-state index is -0.173. The van der Waals surface area contributed by atoms with Gasteiger partial charge in [-0.1, -0.05) is 6.07 Å². The number of amides is 1. The molecule has 0 saturated carbocycles. The molecule has 5 nitrogen and oxygen atoms in total. The van der Waals surface area contributed by atoms with Gasteiger partial charge >= 0.3 is 0 Å². The first-order valence-corrected chi connectivity index (χ1v) is 6.94. The summed E-state index contributed by atoms with van der Waals surface area (Å²) in [5.74, 6) is -0.173. The van der Waals surface area contributed by atoms with Gasteiger partial charge in [0, 0.05) is 24.5 Å². The number of hydrogen-bond donors (Lipinski definition) is 1. The number of hydrogen-bond acceptors (Lipinski definition) is 3. The van der Waals surface area contributed by atoms with E-state index in [1.165, 1.54) is 6.08 Å². The number of nitrogens with zero attached hydrogens (tertiary/aromatic N) is 3. The van der Waals surface area contributed by atoms with Gasteiger partial charge in [0.05, 0.1) is 17.1 Å². The van der Waals surface area contributed by atoms with E-state index < -0.39 is 0 Å². The lowest BCUT2D eigenvalue weighted by Gasteiger charge is -2.08. The molecule has 0 aliphatic carbocycles. The molecule has 0 aliphatic rings. The molecule has 2 rings (SSSR count). The quantitative estimate of drug-likeness (QED) is 0.877. The Morgan fingerprint density at radius 1 is 1.38 bits per heavy atom. The Morgan fingerprint density at radius 3 is 2.71 bits per heavy atom. The van der Waals surface area contributed by atoms with Crippen LogP contribution in [0.4, 0.5) is 5.69 Å². The second-order valence-electron chi connectivity index (χ2n) is 5.19. The van der Waals surface area contributed by atoms with Crippen LogP contribution in [0.15, 0.2) is 30.6 Å². The molecule has 1 N–H and O–H groups in total. The molecule has 21 heavy (non-hydrogen) atoms. The first-order chi connectivity index (χ1) is 9.99. The van der Waals surface area contributed by atoms with Gasteiger partial charge in [0.25, 0.3) is 0 Å². The third-order valence-corrected chi connectivity index (χ3v) is 3.17. The summed E-state index contributed by atoms with van der Waals surface area (Å²) in [6, 6.07) is 3.99. The Balaban J connectivity index is 2.12. The summed E-state index contributed by atoms with van der Waals surface area (Å²) < 4.78 is 1.91. The van der Waals surface area contributed by atoms with Gasteiger partial charge in [0.1, 0.15) is 0 Å². The largest absolute Gasteiger partial charge is 0.319 e. The number of carbonyl (C=O) groups is 1. The highest BCUT2D eigenvalue weighted by Gasteiger charge is 2.14. The first-order valence-electron chi connectivity index (χ1n) is 6.94. The fourth-order valence-electron chi connectivity index (χ4n) is 2.16. The Bertz CT molecular complexity index is 656. The van der Waals surface area contributed by atoms with Crippen LogP contribution < -0.4 is 5.32 Å². The fraction of sp³-hybridized carbons (Fsp3) is 0.312. The molecule has 2 heterocycles. The number of aromatic nitrogens is 3. The van der Waals surface area contributed by atoms with Gasteiger partial charge in [-0.2, -0.15) is 5.10 Å². The van der Waals surface area contributed by atoms with Crippen LogP contribution >= 0.6 is 0 Å². The molecule has 0 spiro atoms. The Kier molecular flexibility index (Phi) is 4.52. The maximum absolute atomic E-state index is 12.0. The van der Waals surface area contributed by atoms with Crippen LogP contribution in [0.3, 0.4) is 0 Å². The van der Waals surface area contributed by atoms with Crippen molar-refractivity contribution in [3.63, 3.8) is 0 Å². The number of aryl methyl sites for hydroxylation is 1. The molecule has 0 saturated heterocycles. The minimum Gasteiger partial charge on any atom is -0.319 e. The van der Waals surface area contributed by atoms with Crippen LogP contribution in [-0.2, 0) is 4.79 Å². The molecule has 110 valence electrons.